The highest BCUT2D eigenvalue weighted by Gasteiger charge is 2.39. The number of ketones is 1. The minimum absolute atomic E-state index is 0.216. The van der Waals surface area contributed by atoms with E-state index in [4.69, 9.17) is 14.2 Å². The normalized spacial score (nSPS) is 17.1. The predicted molar refractivity (Wildman–Crippen MR) is 72.3 cm³/mol. The number of ether oxygens (including phenoxy) is 3. The van der Waals surface area contributed by atoms with Gasteiger partial charge in [0.1, 0.15) is 5.92 Å². The van der Waals surface area contributed by atoms with Gasteiger partial charge in [0.05, 0.1) is 20.3 Å². The minimum atomic E-state index is -0.784. The van der Waals surface area contributed by atoms with Crippen molar-refractivity contribution in [2.75, 3.05) is 14.2 Å². The van der Waals surface area contributed by atoms with Gasteiger partial charge in [0, 0.05) is 11.1 Å². The fourth-order valence-electron chi connectivity index (χ4n) is 2.41. The maximum atomic E-state index is 12.3. The summed E-state index contributed by atoms with van der Waals surface area (Å²) in [4.78, 5) is 24.3. The summed E-state index contributed by atoms with van der Waals surface area (Å²) in [5.41, 5.74) is 1.22. The van der Waals surface area contributed by atoms with Crippen molar-refractivity contribution in [1.29, 1.82) is 0 Å². The van der Waals surface area contributed by atoms with Crippen molar-refractivity contribution in [2.45, 2.75) is 26.4 Å². The molecule has 0 bridgehead atoms. The molecule has 2 rings (SSSR count). The van der Waals surface area contributed by atoms with Gasteiger partial charge in [-0.1, -0.05) is 0 Å². The number of benzene rings is 1. The number of Topliss-reactive ketones (excluding diaryl/α,β-unsaturated/α-hetero) is 1. The Labute approximate surface area is 117 Å². The lowest BCUT2D eigenvalue weighted by molar-refractivity contribution is -0.150. The summed E-state index contributed by atoms with van der Waals surface area (Å²) >= 11 is 0. The monoisotopic (exact) mass is 278 g/mol. The van der Waals surface area contributed by atoms with Crippen LogP contribution in [0.3, 0.4) is 0 Å². The van der Waals surface area contributed by atoms with E-state index < -0.39 is 11.9 Å². The molecule has 1 aromatic carbocycles. The molecule has 0 amide bonds. The molecular formula is C15H18O5. The number of hydrogen-bond donors (Lipinski definition) is 0. The lowest BCUT2D eigenvalue weighted by Crippen LogP contribution is -2.25. The van der Waals surface area contributed by atoms with Gasteiger partial charge in [-0.05, 0) is 32.4 Å². The maximum absolute atomic E-state index is 12.3. The second-order valence-corrected chi connectivity index (χ2v) is 4.93. The predicted octanol–water partition coefficient (Wildman–Crippen LogP) is 2.01. The third kappa shape index (κ3) is 2.35. The lowest BCUT2D eigenvalue weighted by atomic mass is 10.1. The quantitative estimate of drug-likeness (QED) is 0.623. The molecule has 0 radical (unpaired) electrons. The number of fused-ring (bicyclic) bond motifs is 1. The SMILES string of the molecule is COc1ccc2c(c1OC)CC(C(=O)OC(C)C)C2=O. The summed E-state index contributed by atoms with van der Waals surface area (Å²) in [6, 6.07) is 3.34. The first-order valence-corrected chi connectivity index (χ1v) is 6.48. The molecule has 5 nitrogen and oxygen atoms in total. The fourth-order valence-corrected chi connectivity index (χ4v) is 2.41. The number of esters is 1. The van der Waals surface area contributed by atoms with E-state index >= 15 is 0 Å². The first kappa shape index (κ1) is 14.4. The number of carbonyl (C=O) groups excluding carboxylic acids is 2. The minimum Gasteiger partial charge on any atom is -0.493 e. The molecule has 1 atom stereocenters. The van der Waals surface area contributed by atoms with Crippen molar-refractivity contribution in [3.8, 4) is 11.5 Å². The molecule has 108 valence electrons. The molecule has 5 heteroatoms. The zero-order valence-electron chi connectivity index (χ0n) is 12.1. The zero-order chi connectivity index (χ0) is 14.9. The molecule has 1 unspecified atom stereocenters. The highest BCUT2D eigenvalue weighted by atomic mass is 16.5. The van der Waals surface area contributed by atoms with Crippen LogP contribution in [0.5, 0.6) is 11.5 Å². The van der Waals surface area contributed by atoms with Gasteiger partial charge in [0.15, 0.2) is 17.3 Å². The van der Waals surface area contributed by atoms with Crippen LogP contribution in [0, 0.1) is 5.92 Å². The zero-order valence-corrected chi connectivity index (χ0v) is 12.1. The fraction of sp³-hybridized carbons (Fsp3) is 0.467. The van der Waals surface area contributed by atoms with Crippen molar-refractivity contribution in [3.63, 3.8) is 0 Å². The van der Waals surface area contributed by atoms with Crippen LogP contribution in [-0.4, -0.2) is 32.1 Å². The molecule has 0 fully saturated rings. The van der Waals surface area contributed by atoms with Gasteiger partial charge in [-0.15, -0.1) is 0 Å². The van der Waals surface area contributed by atoms with E-state index in [1.807, 2.05) is 0 Å². The second kappa shape index (κ2) is 5.53. The maximum Gasteiger partial charge on any atom is 0.317 e. The van der Waals surface area contributed by atoms with E-state index in [1.54, 1.807) is 26.0 Å². The smallest absolute Gasteiger partial charge is 0.317 e. The number of rotatable bonds is 4. The molecule has 0 N–H and O–H groups in total. The Morgan fingerprint density at radius 1 is 1.25 bits per heavy atom. The molecule has 0 aromatic heterocycles. The average Bonchev–Trinajstić information content (AvgIpc) is 2.74. The van der Waals surface area contributed by atoms with Crippen LogP contribution in [0.4, 0.5) is 0 Å². The van der Waals surface area contributed by atoms with Crippen molar-refractivity contribution < 1.29 is 23.8 Å². The molecule has 0 saturated heterocycles. The van der Waals surface area contributed by atoms with E-state index in [-0.39, 0.29) is 11.9 Å². The summed E-state index contributed by atoms with van der Waals surface area (Å²) in [5.74, 6) is -0.419. The third-order valence-corrected chi connectivity index (χ3v) is 3.27. The summed E-state index contributed by atoms with van der Waals surface area (Å²) in [7, 11) is 3.05. The summed E-state index contributed by atoms with van der Waals surface area (Å²) in [6.07, 6.45) is 0.0514. The van der Waals surface area contributed by atoms with Crippen LogP contribution in [0.15, 0.2) is 12.1 Å². The van der Waals surface area contributed by atoms with Crippen molar-refractivity contribution in [1.82, 2.24) is 0 Å². The highest BCUT2D eigenvalue weighted by Crippen LogP contribution is 2.40. The Kier molecular flexibility index (Phi) is 3.97. The van der Waals surface area contributed by atoms with Gasteiger partial charge < -0.3 is 14.2 Å². The molecule has 0 saturated carbocycles. The number of methoxy groups -OCH3 is 2. The van der Waals surface area contributed by atoms with Gasteiger partial charge in [-0.2, -0.15) is 0 Å². The molecule has 1 aliphatic carbocycles. The Hall–Kier alpha value is -2.04. The van der Waals surface area contributed by atoms with Gasteiger partial charge in [-0.25, -0.2) is 0 Å². The second-order valence-electron chi connectivity index (χ2n) is 4.93. The van der Waals surface area contributed by atoms with Crippen molar-refractivity contribution in [3.05, 3.63) is 23.3 Å². The van der Waals surface area contributed by atoms with E-state index in [9.17, 15) is 9.59 Å². The van der Waals surface area contributed by atoms with Crippen LogP contribution in [0.25, 0.3) is 0 Å². The topological polar surface area (TPSA) is 61.8 Å². The van der Waals surface area contributed by atoms with Crippen molar-refractivity contribution in [2.24, 2.45) is 5.92 Å². The Morgan fingerprint density at radius 2 is 1.95 bits per heavy atom. The number of carbonyl (C=O) groups is 2. The van der Waals surface area contributed by atoms with Crippen molar-refractivity contribution >= 4 is 11.8 Å². The standard InChI is InChI=1S/C15H18O5/c1-8(2)20-15(17)11-7-10-9(13(11)16)5-6-12(18-3)14(10)19-4/h5-6,8,11H,7H2,1-4H3. The van der Waals surface area contributed by atoms with Crippen LogP contribution in [-0.2, 0) is 16.0 Å². The van der Waals surface area contributed by atoms with Gasteiger partial charge in [0.25, 0.3) is 0 Å². The summed E-state index contributed by atoms with van der Waals surface area (Å²) in [5, 5.41) is 0. The summed E-state index contributed by atoms with van der Waals surface area (Å²) in [6.45, 7) is 3.52. The molecule has 20 heavy (non-hydrogen) atoms. The van der Waals surface area contributed by atoms with Crippen LogP contribution < -0.4 is 9.47 Å². The molecular weight excluding hydrogens is 260 g/mol. The van der Waals surface area contributed by atoms with Crippen LogP contribution >= 0.6 is 0 Å². The number of hydrogen-bond acceptors (Lipinski definition) is 5. The van der Waals surface area contributed by atoms with Crippen LogP contribution in [0.2, 0.25) is 0 Å². The lowest BCUT2D eigenvalue weighted by Gasteiger charge is -2.12. The first-order valence-electron chi connectivity index (χ1n) is 6.48. The Morgan fingerprint density at radius 3 is 2.50 bits per heavy atom. The van der Waals surface area contributed by atoms with Gasteiger partial charge in [0.2, 0.25) is 0 Å². The van der Waals surface area contributed by atoms with E-state index in [1.165, 1.54) is 14.2 Å². The van der Waals surface area contributed by atoms with Gasteiger partial charge in [-0.3, -0.25) is 9.59 Å². The van der Waals surface area contributed by atoms with E-state index in [2.05, 4.69) is 0 Å². The highest BCUT2D eigenvalue weighted by molar-refractivity contribution is 6.12. The molecule has 0 heterocycles. The largest absolute Gasteiger partial charge is 0.493 e. The molecule has 1 aromatic rings. The van der Waals surface area contributed by atoms with E-state index in [0.29, 0.717) is 29.0 Å². The van der Waals surface area contributed by atoms with E-state index in [0.717, 1.165) is 0 Å². The third-order valence-electron chi connectivity index (χ3n) is 3.27. The Bertz CT molecular complexity index is 547. The molecule has 0 spiro atoms. The van der Waals surface area contributed by atoms with Gasteiger partial charge >= 0.3 is 5.97 Å². The molecule has 0 aliphatic heterocycles. The summed E-state index contributed by atoms with van der Waals surface area (Å²) < 4.78 is 15.6. The molecule has 1 aliphatic rings. The van der Waals surface area contributed by atoms with Crippen LogP contribution in [0.1, 0.15) is 29.8 Å². The first-order chi connectivity index (χ1) is 9.49. The average molecular weight is 278 g/mol. The Balaban J connectivity index is 2.35.